The number of hydrogen-bond donors (Lipinski definition) is 4. The largest absolute Gasteiger partial charge is 0.487 e. The SMILES string of the molecule is OC(CNCC(S)CCS)C1CCc2cc3c(cc2O1)CSS3. The molecule has 7 heteroatoms. The van der Waals surface area contributed by atoms with Gasteiger partial charge in [-0.05, 0) is 48.3 Å². The second kappa shape index (κ2) is 8.63. The lowest BCUT2D eigenvalue weighted by molar-refractivity contribution is 0.0246. The van der Waals surface area contributed by atoms with Gasteiger partial charge in [-0.1, -0.05) is 21.6 Å². The molecule has 0 radical (unpaired) electrons. The highest BCUT2D eigenvalue weighted by Gasteiger charge is 2.28. The molecule has 0 spiro atoms. The normalized spacial score (nSPS) is 22.1. The summed E-state index contributed by atoms with van der Waals surface area (Å²) in [5, 5.41) is 14.0. The van der Waals surface area contributed by atoms with Crippen molar-refractivity contribution in [1.82, 2.24) is 5.32 Å². The average molecular weight is 390 g/mol. The van der Waals surface area contributed by atoms with Gasteiger partial charge in [-0.3, -0.25) is 0 Å². The molecule has 128 valence electrons. The minimum atomic E-state index is -0.489. The Bertz CT molecular complexity index is 543. The first-order chi connectivity index (χ1) is 11.2. The molecule has 0 saturated heterocycles. The summed E-state index contributed by atoms with van der Waals surface area (Å²) in [6.45, 7) is 1.33. The molecule has 0 bridgehead atoms. The van der Waals surface area contributed by atoms with Crippen molar-refractivity contribution in [2.75, 3.05) is 18.8 Å². The van der Waals surface area contributed by atoms with Gasteiger partial charge in [-0.25, -0.2) is 0 Å². The van der Waals surface area contributed by atoms with Gasteiger partial charge in [-0.2, -0.15) is 25.3 Å². The molecule has 0 amide bonds. The van der Waals surface area contributed by atoms with Crippen LogP contribution >= 0.6 is 46.8 Å². The smallest absolute Gasteiger partial charge is 0.126 e. The number of ether oxygens (including phenoxy) is 1. The molecule has 2 aliphatic rings. The van der Waals surface area contributed by atoms with Crippen LogP contribution in [0.4, 0.5) is 0 Å². The third kappa shape index (κ3) is 4.70. The molecule has 3 rings (SSSR count). The van der Waals surface area contributed by atoms with Gasteiger partial charge in [0.1, 0.15) is 18.0 Å². The first-order valence-electron chi connectivity index (χ1n) is 7.97. The Morgan fingerprint density at radius 3 is 3.04 bits per heavy atom. The van der Waals surface area contributed by atoms with Gasteiger partial charge in [-0.15, -0.1) is 0 Å². The molecular weight excluding hydrogens is 366 g/mol. The monoisotopic (exact) mass is 389 g/mol. The molecule has 3 unspecified atom stereocenters. The van der Waals surface area contributed by atoms with Crippen molar-refractivity contribution in [2.45, 2.75) is 47.4 Å². The van der Waals surface area contributed by atoms with E-state index >= 15 is 0 Å². The number of hydrogen-bond acceptors (Lipinski definition) is 7. The molecule has 3 atom stereocenters. The van der Waals surface area contributed by atoms with Crippen molar-refractivity contribution < 1.29 is 9.84 Å². The standard InChI is InChI=1S/C16H23NO2S4/c18-13(8-17-7-12(21)3-4-20)14-2-1-10-6-16-11(9-22-23-16)5-15(10)19-14/h5-6,12-14,17-18,20-21H,1-4,7-9H2. The van der Waals surface area contributed by atoms with Gasteiger partial charge in [0.15, 0.2) is 0 Å². The molecule has 2 N–H and O–H groups in total. The summed E-state index contributed by atoms with van der Waals surface area (Å²) in [4.78, 5) is 1.38. The second-order valence-corrected chi connectivity index (χ2v) is 9.52. The Morgan fingerprint density at radius 2 is 2.22 bits per heavy atom. The molecule has 23 heavy (non-hydrogen) atoms. The van der Waals surface area contributed by atoms with E-state index in [1.807, 2.05) is 21.6 Å². The average Bonchev–Trinajstić information content (AvgIpc) is 2.99. The van der Waals surface area contributed by atoms with E-state index < -0.39 is 6.10 Å². The maximum absolute atomic E-state index is 10.4. The fourth-order valence-electron chi connectivity index (χ4n) is 2.87. The molecule has 0 aliphatic carbocycles. The zero-order valence-corrected chi connectivity index (χ0v) is 16.3. The summed E-state index contributed by atoms with van der Waals surface area (Å²) in [6, 6.07) is 4.43. The van der Waals surface area contributed by atoms with Gasteiger partial charge in [0.2, 0.25) is 0 Å². The Hall–Kier alpha value is 0.340. The highest BCUT2D eigenvalue weighted by atomic mass is 33.1. The molecule has 3 nitrogen and oxygen atoms in total. The Kier molecular flexibility index (Phi) is 6.80. The van der Waals surface area contributed by atoms with E-state index in [1.54, 1.807) is 0 Å². The molecule has 2 aliphatic heterocycles. The third-order valence-electron chi connectivity index (χ3n) is 4.21. The zero-order chi connectivity index (χ0) is 16.2. The Labute approximate surface area is 156 Å². The molecular formula is C16H23NO2S4. The van der Waals surface area contributed by atoms with E-state index in [9.17, 15) is 5.11 Å². The van der Waals surface area contributed by atoms with Crippen LogP contribution in [0.3, 0.4) is 0 Å². The lowest BCUT2D eigenvalue weighted by Crippen LogP contribution is -2.42. The summed E-state index contributed by atoms with van der Waals surface area (Å²) in [7, 11) is 3.73. The number of rotatable bonds is 7. The summed E-state index contributed by atoms with van der Waals surface area (Å²) in [5.74, 6) is 2.84. The quantitative estimate of drug-likeness (QED) is 0.426. The van der Waals surface area contributed by atoms with Gasteiger partial charge in [0.25, 0.3) is 0 Å². The zero-order valence-electron chi connectivity index (χ0n) is 12.9. The number of thiol groups is 2. The Balaban J connectivity index is 1.52. The van der Waals surface area contributed by atoms with Gasteiger partial charge < -0.3 is 15.2 Å². The van der Waals surface area contributed by atoms with Crippen molar-refractivity contribution in [1.29, 1.82) is 0 Å². The molecule has 2 heterocycles. The summed E-state index contributed by atoms with van der Waals surface area (Å²) >= 11 is 8.70. The summed E-state index contributed by atoms with van der Waals surface area (Å²) in [5.41, 5.74) is 2.64. The number of aliphatic hydroxyl groups is 1. The van der Waals surface area contributed by atoms with Gasteiger partial charge >= 0.3 is 0 Å². The molecule has 0 saturated carbocycles. The highest BCUT2D eigenvalue weighted by molar-refractivity contribution is 8.76. The fraction of sp³-hybridized carbons (Fsp3) is 0.625. The molecule has 0 aromatic heterocycles. The van der Waals surface area contributed by atoms with E-state index in [4.69, 9.17) is 4.74 Å². The second-order valence-electron chi connectivity index (χ2n) is 6.00. The maximum atomic E-state index is 10.4. The number of nitrogens with one attached hydrogen (secondary N) is 1. The molecule has 0 fully saturated rings. The summed E-state index contributed by atoms with van der Waals surface area (Å²) < 4.78 is 6.08. The molecule has 1 aromatic carbocycles. The third-order valence-corrected chi connectivity index (χ3v) is 7.26. The van der Waals surface area contributed by atoms with E-state index in [0.717, 1.165) is 43.1 Å². The minimum Gasteiger partial charge on any atom is -0.487 e. The minimum absolute atomic E-state index is 0.127. The van der Waals surface area contributed by atoms with Crippen LogP contribution in [-0.4, -0.2) is 41.4 Å². The number of benzene rings is 1. The Morgan fingerprint density at radius 1 is 1.35 bits per heavy atom. The highest BCUT2D eigenvalue weighted by Crippen LogP contribution is 2.47. The number of fused-ring (bicyclic) bond motifs is 2. The first kappa shape index (κ1) is 18.1. The van der Waals surface area contributed by atoms with Crippen LogP contribution in [0.2, 0.25) is 0 Å². The predicted octanol–water partition coefficient (Wildman–Crippen LogP) is 3.20. The van der Waals surface area contributed by atoms with Crippen molar-refractivity contribution in [3.8, 4) is 5.75 Å². The van der Waals surface area contributed by atoms with Crippen LogP contribution in [0.15, 0.2) is 17.0 Å². The van der Waals surface area contributed by atoms with Crippen LogP contribution in [0.1, 0.15) is 24.0 Å². The topological polar surface area (TPSA) is 41.5 Å². The predicted molar refractivity (Wildman–Crippen MR) is 106 cm³/mol. The van der Waals surface area contributed by atoms with Crippen LogP contribution in [-0.2, 0) is 12.2 Å². The van der Waals surface area contributed by atoms with Gasteiger partial charge in [0, 0.05) is 29.0 Å². The van der Waals surface area contributed by atoms with Crippen LogP contribution in [0, 0.1) is 0 Å². The van der Waals surface area contributed by atoms with E-state index in [-0.39, 0.29) is 11.4 Å². The first-order valence-corrected chi connectivity index (χ1v) is 11.4. The maximum Gasteiger partial charge on any atom is 0.126 e. The number of aliphatic hydroxyl groups excluding tert-OH is 1. The van der Waals surface area contributed by atoms with Crippen molar-refractivity contribution >= 4 is 46.8 Å². The number of aryl methyl sites for hydroxylation is 1. The lowest BCUT2D eigenvalue weighted by atomic mass is 9.98. The molecule has 1 aromatic rings. The van der Waals surface area contributed by atoms with Crippen molar-refractivity contribution in [2.24, 2.45) is 0 Å². The van der Waals surface area contributed by atoms with E-state index in [2.05, 4.69) is 42.7 Å². The van der Waals surface area contributed by atoms with E-state index in [1.165, 1.54) is 16.0 Å². The van der Waals surface area contributed by atoms with Crippen LogP contribution in [0.5, 0.6) is 5.75 Å². The summed E-state index contributed by atoms with van der Waals surface area (Å²) in [6.07, 6.45) is 2.19. The van der Waals surface area contributed by atoms with Crippen molar-refractivity contribution in [3.05, 3.63) is 23.3 Å². The fourth-order valence-corrected chi connectivity index (χ4v) is 6.12. The van der Waals surface area contributed by atoms with Crippen LogP contribution < -0.4 is 10.1 Å². The lowest BCUT2D eigenvalue weighted by Gasteiger charge is -2.30. The van der Waals surface area contributed by atoms with Crippen molar-refractivity contribution in [3.63, 3.8) is 0 Å². The van der Waals surface area contributed by atoms with Crippen LogP contribution in [0.25, 0.3) is 0 Å². The van der Waals surface area contributed by atoms with E-state index in [0.29, 0.717) is 6.54 Å². The van der Waals surface area contributed by atoms with Gasteiger partial charge in [0.05, 0.1) is 0 Å².